The second-order valence-electron chi connectivity index (χ2n) is 6.28. The van der Waals surface area contributed by atoms with E-state index in [0.29, 0.717) is 24.7 Å². The first-order valence-electron chi connectivity index (χ1n) is 8.55. The fourth-order valence-corrected chi connectivity index (χ4v) is 3.43. The number of carbonyl (C=O) groups excluding carboxylic acids is 2. The van der Waals surface area contributed by atoms with Crippen molar-refractivity contribution in [2.24, 2.45) is 5.92 Å². The molecule has 0 aliphatic carbocycles. The molecule has 2 unspecified atom stereocenters. The first-order valence-corrected chi connectivity index (χ1v) is 8.93. The molecule has 0 bridgehead atoms. The molecule has 1 aromatic rings. The molecule has 1 saturated heterocycles. The summed E-state index contributed by atoms with van der Waals surface area (Å²) in [6.07, 6.45) is 1.83. The van der Waals surface area contributed by atoms with Gasteiger partial charge in [0.15, 0.2) is 0 Å². The molecule has 2 N–H and O–H groups in total. The Morgan fingerprint density at radius 1 is 1.38 bits per heavy atom. The summed E-state index contributed by atoms with van der Waals surface area (Å²) in [5.74, 6) is 0.0264. The summed E-state index contributed by atoms with van der Waals surface area (Å²) in [7, 11) is 0. The zero-order valence-corrected chi connectivity index (χ0v) is 15.1. The molecular formula is C18H26ClN3O2. The maximum absolute atomic E-state index is 12.3. The summed E-state index contributed by atoms with van der Waals surface area (Å²) in [5, 5.41) is 6.51. The number of rotatable bonds is 6. The van der Waals surface area contributed by atoms with Gasteiger partial charge < -0.3 is 10.6 Å². The van der Waals surface area contributed by atoms with E-state index >= 15 is 0 Å². The zero-order valence-electron chi connectivity index (χ0n) is 14.3. The number of hydrogen-bond acceptors (Lipinski definition) is 3. The van der Waals surface area contributed by atoms with Crippen molar-refractivity contribution in [2.45, 2.75) is 32.7 Å². The van der Waals surface area contributed by atoms with Gasteiger partial charge in [-0.1, -0.05) is 29.8 Å². The number of nitrogens with one attached hydrogen (secondary N) is 2. The molecular weight excluding hydrogens is 326 g/mol. The van der Waals surface area contributed by atoms with Crippen LogP contribution in [0.25, 0.3) is 0 Å². The second-order valence-corrected chi connectivity index (χ2v) is 6.69. The SMILES string of the molecule is CCNC(=O)C1CCCN(CC(=O)NC(C)c2ccccc2Cl)C1. The van der Waals surface area contributed by atoms with Gasteiger partial charge in [-0.3, -0.25) is 14.5 Å². The van der Waals surface area contributed by atoms with Crippen molar-refractivity contribution in [1.82, 2.24) is 15.5 Å². The Morgan fingerprint density at radius 3 is 2.83 bits per heavy atom. The Hall–Kier alpha value is -1.59. The Balaban J connectivity index is 1.85. The van der Waals surface area contributed by atoms with Crippen molar-refractivity contribution in [1.29, 1.82) is 0 Å². The third kappa shape index (κ3) is 5.21. The lowest BCUT2D eigenvalue weighted by Gasteiger charge is -2.31. The van der Waals surface area contributed by atoms with E-state index in [2.05, 4.69) is 15.5 Å². The van der Waals surface area contributed by atoms with Gasteiger partial charge in [0.2, 0.25) is 11.8 Å². The number of benzene rings is 1. The zero-order chi connectivity index (χ0) is 17.5. The van der Waals surface area contributed by atoms with Crippen LogP contribution < -0.4 is 10.6 Å². The quantitative estimate of drug-likeness (QED) is 0.827. The van der Waals surface area contributed by atoms with Gasteiger partial charge in [0.25, 0.3) is 0 Å². The minimum atomic E-state index is -0.143. The monoisotopic (exact) mass is 351 g/mol. The highest BCUT2D eigenvalue weighted by atomic mass is 35.5. The first kappa shape index (κ1) is 18.7. The van der Waals surface area contributed by atoms with Crippen molar-refractivity contribution in [3.05, 3.63) is 34.9 Å². The molecule has 5 nitrogen and oxygen atoms in total. The molecule has 1 aromatic carbocycles. The standard InChI is InChI=1S/C18H26ClN3O2/c1-3-20-18(24)14-7-6-10-22(11-14)12-17(23)21-13(2)15-8-4-5-9-16(15)19/h4-5,8-9,13-14H,3,6-7,10-12H2,1-2H3,(H,20,24)(H,21,23). The molecule has 1 aliphatic heterocycles. The van der Waals surface area contributed by atoms with E-state index < -0.39 is 0 Å². The molecule has 24 heavy (non-hydrogen) atoms. The Bertz CT molecular complexity index is 579. The van der Waals surface area contributed by atoms with Crippen LogP contribution in [0.4, 0.5) is 0 Å². The molecule has 2 atom stereocenters. The van der Waals surface area contributed by atoms with Crippen molar-refractivity contribution in [3.63, 3.8) is 0 Å². The molecule has 0 aromatic heterocycles. The van der Waals surface area contributed by atoms with Gasteiger partial charge >= 0.3 is 0 Å². The van der Waals surface area contributed by atoms with E-state index in [9.17, 15) is 9.59 Å². The van der Waals surface area contributed by atoms with Crippen LogP contribution in [0.15, 0.2) is 24.3 Å². The summed E-state index contributed by atoms with van der Waals surface area (Å²) in [5.41, 5.74) is 0.909. The average Bonchev–Trinajstić information content (AvgIpc) is 2.55. The summed E-state index contributed by atoms with van der Waals surface area (Å²) in [4.78, 5) is 26.3. The molecule has 1 heterocycles. The third-order valence-electron chi connectivity index (χ3n) is 4.34. The fourth-order valence-electron chi connectivity index (χ4n) is 3.13. The van der Waals surface area contributed by atoms with Crippen molar-refractivity contribution in [3.8, 4) is 0 Å². The van der Waals surface area contributed by atoms with Crippen molar-refractivity contribution >= 4 is 23.4 Å². The largest absolute Gasteiger partial charge is 0.356 e. The molecule has 2 amide bonds. The Morgan fingerprint density at radius 2 is 2.12 bits per heavy atom. The smallest absolute Gasteiger partial charge is 0.234 e. The van der Waals surface area contributed by atoms with Crippen LogP contribution in [0.3, 0.4) is 0 Å². The summed E-state index contributed by atoms with van der Waals surface area (Å²) < 4.78 is 0. The van der Waals surface area contributed by atoms with E-state index in [0.717, 1.165) is 24.9 Å². The maximum atomic E-state index is 12.3. The van der Waals surface area contributed by atoms with Gasteiger partial charge in [0.05, 0.1) is 18.5 Å². The van der Waals surface area contributed by atoms with Gasteiger partial charge in [-0.25, -0.2) is 0 Å². The highest BCUT2D eigenvalue weighted by molar-refractivity contribution is 6.31. The van der Waals surface area contributed by atoms with Gasteiger partial charge in [-0.15, -0.1) is 0 Å². The van der Waals surface area contributed by atoms with Gasteiger partial charge in [-0.2, -0.15) is 0 Å². The van der Waals surface area contributed by atoms with E-state index in [1.54, 1.807) is 0 Å². The van der Waals surface area contributed by atoms with Crippen molar-refractivity contribution in [2.75, 3.05) is 26.2 Å². The predicted molar refractivity (Wildman–Crippen MR) is 95.9 cm³/mol. The maximum Gasteiger partial charge on any atom is 0.234 e. The molecule has 2 rings (SSSR count). The summed E-state index contributed by atoms with van der Waals surface area (Å²) in [6.45, 7) is 6.29. The molecule has 6 heteroatoms. The number of hydrogen-bond donors (Lipinski definition) is 2. The van der Waals surface area contributed by atoms with Crippen molar-refractivity contribution < 1.29 is 9.59 Å². The van der Waals surface area contributed by atoms with Gasteiger partial charge in [0.1, 0.15) is 0 Å². The van der Waals surface area contributed by atoms with Gasteiger partial charge in [0, 0.05) is 18.1 Å². The predicted octanol–water partition coefficient (Wildman–Crippen LogP) is 2.37. The highest BCUT2D eigenvalue weighted by Gasteiger charge is 2.26. The number of carbonyl (C=O) groups is 2. The third-order valence-corrected chi connectivity index (χ3v) is 4.69. The molecule has 1 fully saturated rings. The molecule has 0 saturated carbocycles. The van der Waals surface area contributed by atoms with Crippen LogP contribution in [-0.2, 0) is 9.59 Å². The number of amides is 2. The molecule has 132 valence electrons. The highest BCUT2D eigenvalue weighted by Crippen LogP contribution is 2.22. The van der Waals surface area contributed by atoms with Crippen LogP contribution in [-0.4, -0.2) is 42.9 Å². The lowest BCUT2D eigenvalue weighted by molar-refractivity contribution is -0.129. The number of nitrogens with zero attached hydrogens (tertiary/aromatic N) is 1. The molecule has 1 aliphatic rings. The van der Waals surface area contributed by atoms with E-state index in [1.807, 2.05) is 38.1 Å². The summed E-state index contributed by atoms with van der Waals surface area (Å²) in [6, 6.07) is 7.37. The van der Waals surface area contributed by atoms with E-state index in [1.165, 1.54) is 0 Å². The van der Waals surface area contributed by atoms with Crippen LogP contribution in [0.2, 0.25) is 5.02 Å². The number of halogens is 1. The fraction of sp³-hybridized carbons (Fsp3) is 0.556. The van der Waals surface area contributed by atoms with Gasteiger partial charge in [-0.05, 0) is 44.9 Å². The van der Waals surface area contributed by atoms with Crippen LogP contribution >= 0.6 is 11.6 Å². The first-order chi connectivity index (χ1) is 11.5. The number of piperidine rings is 1. The second kappa shape index (κ2) is 9.04. The average molecular weight is 352 g/mol. The lowest BCUT2D eigenvalue weighted by atomic mass is 9.97. The minimum Gasteiger partial charge on any atom is -0.356 e. The number of likely N-dealkylation sites (tertiary alicyclic amines) is 1. The molecule has 0 radical (unpaired) electrons. The van der Waals surface area contributed by atoms with Crippen LogP contribution in [0.5, 0.6) is 0 Å². The topological polar surface area (TPSA) is 61.4 Å². The lowest BCUT2D eigenvalue weighted by Crippen LogP contribution is -2.46. The van der Waals surface area contributed by atoms with Crippen LogP contribution in [0.1, 0.15) is 38.3 Å². The minimum absolute atomic E-state index is 0.0208. The van der Waals surface area contributed by atoms with E-state index in [-0.39, 0.29) is 23.8 Å². The normalized spacial score (nSPS) is 19.5. The summed E-state index contributed by atoms with van der Waals surface area (Å²) >= 11 is 6.17. The van der Waals surface area contributed by atoms with Crippen LogP contribution in [0, 0.1) is 5.92 Å². The molecule has 0 spiro atoms. The Kier molecular flexibility index (Phi) is 7.06. The van der Waals surface area contributed by atoms with E-state index in [4.69, 9.17) is 11.6 Å². The Labute approximate surface area is 148 Å².